The van der Waals surface area contributed by atoms with Gasteiger partial charge < -0.3 is 0 Å². The van der Waals surface area contributed by atoms with Crippen molar-refractivity contribution in [1.29, 1.82) is 0 Å². The largest absolute Gasteiger partial charge is 0.103 e. The molecule has 0 rings (SSSR count). The van der Waals surface area contributed by atoms with Gasteiger partial charge in [-0.1, -0.05) is 83.8 Å². The lowest BCUT2D eigenvalue weighted by Gasteiger charge is -1.99. The molecule has 0 saturated heterocycles. The standard InChI is InChI=1S/C12H24.C7H14/c1-3-5-7-9-11-12-10-8-6-4-2;1-3-5-7-6-4-2/h3H,1,4-12H2,2H3;3H,1,4-7H2,2H3. The summed E-state index contributed by atoms with van der Waals surface area (Å²) in [5.74, 6) is 0. The minimum Gasteiger partial charge on any atom is -0.103 e. The van der Waals surface area contributed by atoms with Crippen molar-refractivity contribution in [3.8, 4) is 0 Å². The van der Waals surface area contributed by atoms with E-state index in [1.165, 1.54) is 83.5 Å². The highest BCUT2D eigenvalue weighted by atomic mass is 14.0. The van der Waals surface area contributed by atoms with Crippen LogP contribution >= 0.6 is 0 Å². The minimum absolute atomic E-state index is 1.19. The minimum atomic E-state index is 1.19. The molecule has 0 amide bonds. The second-order valence-corrected chi connectivity index (χ2v) is 5.34. The summed E-state index contributed by atoms with van der Waals surface area (Å²) in [7, 11) is 0. The van der Waals surface area contributed by atoms with E-state index < -0.39 is 0 Å². The van der Waals surface area contributed by atoms with Crippen LogP contribution in [0.1, 0.15) is 97.3 Å². The molecule has 0 aromatic heterocycles. The van der Waals surface area contributed by atoms with Crippen molar-refractivity contribution in [2.45, 2.75) is 97.3 Å². The maximum atomic E-state index is 3.72. The highest BCUT2D eigenvalue weighted by Crippen LogP contribution is 2.09. The summed E-state index contributed by atoms with van der Waals surface area (Å²) in [5.41, 5.74) is 0. The van der Waals surface area contributed by atoms with Crippen LogP contribution < -0.4 is 0 Å². The molecule has 0 nitrogen and oxygen atoms in total. The van der Waals surface area contributed by atoms with E-state index in [0.717, 1.165) is 0 Å². The molecule has 0 fully saturated rings. The molecular formula is C19H38. The van der Waals surface area contributed by atoms with Crippen LogP contribution in [0.4, 0.5) is 0 Å². The Kier molecular flexibility index (Phi) is 24.8. The molecule has 0 bridgehead atoms. The maximum absolute atomic E-state index is 3.72. The molecule has 0 aromatic carbocycles. The Bertz CT molecular complexity index is 157. The zero-order chi connectivity index (χ0) is 14.6. The Hall–Kier alpha value is -0.520. The second-order valence-electron chi connectivity index (χ2n) is 5.34. The van der Waals surface area contributed by atoms with Crippen LogP contribution in [0.5, 0.6) is 0 Å². The number of allylic oxidation sites excluding steroid dienone is 2. The van der Waals surface area contributed by atoms with Crippen molar-refractivity contribution in [2.75, 3.05) is 0 Å². The lowest BCUT2D eigenvalue weighted by Crippen LogP contribution is -1.79. The average Bonchev–Trinajstić information content (AvgIpc) is 2.43. The number of hydrogen-bond donors (Lipinski definition) is 0. The molecule has 0 N–H and O–H groups in total. The highest BCUT2D eigenvalue weighted by Gasteiger charge is 1.89. The van der Waals surface area contributed by atoms with Gasteiger partial charge in [0.25, 0.3) is 0 Å². The first kappa shape index (κ1) is 20.8. The first-order chi connectivity index (χ1) is 9.33. The van der Waals surface area contributed by atoms with E-state index in [1.54, 1.807) is 0 Å². The van der Waals surface area contributed by atoms with Gasteiger partial charge in [-0.15, -0.1) is 13.2 Å². The summed E-state index contributed by atoms with van der Waals surface area (Å²) >= 11 is 0. The quantitative estimate of drug-likeness (QED) is 0.240. The highest BCUT2D eigenvalue weighted by molar-refractivity contribution is 4.65. The van der Waals surface area contributed by atoms with Gasteiger partial charge in [0.2, 0.25) is 0 Å². The summed E-state index contributed by atoms with van der Waals surface area (Å²) in [6.45, 7) is 11.8. The molecule has 0 heterocycles. The van der Waals surface area contributed by atoms with E-state index >= 15 is 0 Å². The van der Waals surface area contributed by atoms with Crippen molar-refractivity contribution in [3.05, 3.63) is 25.3 Å². The lowest BCUT2D eigenvalue weighted by molar-refractivity contribution is 0.578. The van der Waals surface area contributed by atoms with Crippen molar-refractivity contribution in [2.24, 2.45) is 0 Å². The Morgan fingerprint density at radius 2 is 0.842 bits per heavy atom. The van der Waals surface area contributed by atoms with Crippen molar-refractivity contribution in [3.63, 3.8) is 0 Å². The van der Waals surface area contributed by atoms with Crippen LogP contribution in [0.15, 0.2) is 25.3 Å². The number of rotatable bonds is 13. The molecule has 0 aliphatic heterocycles. The van der Waals surface area contributed by atoms with Gasteiger partial charge in [-0.2, -0.15) is 0 Å². The monoisotopic (exact) mass is 266 g/mol. The smallest absolute Gasteiger partial charge is 0.0353 e. The molecule has 0 atom stereocenters. The molecule has 0 heteroatoms. The molecule has 0 aromatic rings. The van der Waals surface area contributed by atoms with Gasteiger partial charge in [0.05, 0.1) is 0 Å². The fourth-order valence-electron chi connectivity index (χ4n) is 1.96. The number of hydrogen-bond acceptors (Lipinski definition) is 0. The van der Waals surface area contributed by atoms with Crippen molar-refractivity contribution >= 4 is 0 Å². The predicted molar refractivity (Wildman–Crippen MR) is 91.8 cm³/mol. The number of unbranched alkanes of at least 4 members (excludes halogenated alkanes) is 11. The molecule has 0 saturated carbocycles. The van der Waals surface area contributed by atoms with Crippen LogP contribution in [-0.4, -0.2) is 0 Å². The van der Waals surface area contributed by atoms with E-state index in [1.807, 2.05) is 12.2 Å². The fraction of sp³-hybridized carbons (Fsp3) is 0.789. The first-order valence-corrected chi connectivity index (χ1v) is 8.55. The summed E-state index contributed by atoms with van der Waals surface area (Å²) in [5, 5.41) is 0. The summed E-state index contributed by atoms with van der Waals surface area (Å²) < 4.78 is 0. The van der Waals surface area contributed by atoms with E-state index in [2.05, 4.69) is 27.0 Å². The van der Waals surface area contributed by atoms with Crippen LogP contribution in [0.3, 0.4) is 0 Å². The van der Waals surface area contributed by atoms with E-state index in [0.29, 0.717) is 0 Å². The van der Waals surface area contributed by atoms with Crippen LogP contribution in [0.25, 0.3) is 0 Å². The van der Waals surface area contributed by atoms with Gasteiger partial charge in [-0.3, -0.25) is 0 Å². The van der Waals surface area contributed by atoms with Gasteiger partial charge in [-0.25, -0.2) is 0 Å². The topological polar surface area (TPSA) is 0 Å². The summed E-state index contributed by atoms with van der Waals surface area (Å²) in [6.07, 6.45) is 21.7. The van der Waals surface area contributed by atoms with Gasteiger partial charge in [-0.05, 0) is 25.7 Å². The van der Waals surface area contributed by atoms with Crippen LogP contribution in [0.2, 0.25) is 0 Å². The Morgan fingerprint density at radius 3 is 1.26 bits per heavy atom. The van der Waals surface area contributed by atoms with Gasteiger partial charge in [0.15, 0.2) is 0 Å². The first-order valence-electron chi connectivity index (χ1n) is 8.55. The third-order valence-corrected chi connectivity index (χ3v) is 3.27. The van der Waals surface area contributed by atoms with Crippen molar-refractivity contribution in [1.82, 2.24) is 0 Å². The predicted octanol–water partition coefficient (Wildman–Crippen LogP) is 7.46. The molecule has 0 unspecified atom stereocenters. The van der Waals surface area contributed by atoms with E-state index in [9.17, 15) is 0 Å². The fourth-order valence-corrected chi connectivity index (χ4v) is 1.96. The molecular weight excluding hydrogens is 228 g/mol. The molecule has 0 aliphatic rings. The molecule has 0 spiro atoms. The van der Waals surface area contributed by atoms with Crippen LogP contribution in [0, 0.1) is 0 Å². The molecule has 19 heavy (non-hydrogen) atoms. The second kappa shape index (κ2) is 22.6. The molecule has 0 radical (unpaired) electrons. The third-order valence-electron chi connectivity index (χ3n) is 3.27. The SMILES string of the molecule is C=CCCCCC.C=CCCCCCCCCCC. The Balaban J connectivity index is 0. The Morgan fingerprint density at radius 1 is 0.526 bits per heavy atom. The third kappa shape index (κ3) is 26.9. The zero-order valence-electron chi connectivity index (χ0n) is 13.8. The average molecular weight is 267 g/mol. The van der Waals surface area contributed by atoms with Crippen molar-refractivity contribution < 1.29 is 0 Å². The zero-order valence-corrected chi connectivity index (χ0v) is 13.8. The van der Waals surface area contributed by atoms with E-state index in [4.69, 9.17) is 0 Å². The van der Waals surface area contributed by atoms with Crippen LogP contribution in [-0.2, 0) is 0 Å². The summed E-state index contributed by atoms with van der Waals surface area (Å²) in [4.78, 5) is 0. The molecule has 0 aliphatic carbocycles. The van der Waals surface area contributed by atoms with Gasteiger partial charge in [0, 0.05) is 0 Å². The Labute approximate surface area is 123 Å². The van der Waals surface area contributed by atoms with E-state index in [-0.39, 0.29) is 0 Å². The summed E-state index contributed by atoms with van der Waals surface area (Å²) in [6, 6.07) is 0. The van der Waals surface area contributed by atoms with Gasteiger partial charge in [0.1, 0.15) is 0 Å². The molecule has 114 valence electrons. The lowest BCUT2D eigenvalue weighted by atomic mass is 10.1. The van der Waals surface area contributed by atoms with Gasteiger partial charge >= 0.3 is 0 Å². The normalized spacial score (nSPS) is 9.58. The maximum Gasteiger partial charge on any atom is -0.0353 e.